The number of hydrogen-bond donors (Lipinski definition) is 0. The van der Waals surface area contributed by atoms with Gasteiger partial charge >= 0.3 is 0 Å². The van der Waals surface area contributed by atoms with Crippen molar-refractivity contribution in [2.75, 3.05) is 38.3 Å². The Kier molecular flexibility index (Phi) is 7.11. The molecule has 8 heteroatoms. The number of amides is 1. The Morgan fingerprint density at radius 1 is 1.09 bits per heavy atom. The Morgan fingerprint density at radius 3 is 2.53 bits per heavy atom. The normalized spacial score (nSPS) is 17.5. The van der Waals surface area contributed by atoms with Gasteiger partial charge in [0.2, 0.25) is 3.79 Å². The van der Waals surface area contributed by atoms with E-state index >= 15 is 0 Å². The predicted molar refractivity (Wildman–Crippen MR) is 130 cm³/mol. The van der Waals surface area contributed by atoms with E-state index in [0.29, 0.717) is 41.5 Å². The molecule has 0 bridgehead atoms. The summed E-state index contributed by atoms with van der Waals surface area (Å²) in [6.45, 7) is 6.33. The zero-order valence-corrected chi connectivity index (χ0v) is 20.5. The van der Waals surface area contributed by atoms with Gasteiger partial charge in [0, 0.05) is 23.9 Å². The second-order valence-electron chi connectivity index (χ2n) is 8.44. The molecule has 1 saturated heterocycles. The first kappa shape index (κ1) is 23.5. The quantitative estimate of drug-likeness (QED) is 0.474. The van der Waals surface area contributed by atoms with Gasteiger partial charge in [0.15, 0.2) is 11.5 Å². The lowest BCUT2D eigenvalue weighted by molar-refractivity contribution is 0.0995. The van der Waals surface area contributed by atoms with Gasteiger partial charge in [-0.3, -0.25) is 9.69 Å². The molecule has 5 nitrogen and oxygen atoms in total. The van der Waals surface area contributed by atoms with Crippen LogP contribution in [0, 0.1) is 5.92 Å². The third-order valence-corrected chi connectivity index (χ3v) is 6.85. The van der Waals surface area contributed by atoms with Crippen molar-refractivity contribution >= 4 is 46.4 Å². The lowest BCUT2D eigenvalue weighted by Gasteiger charge is -2.30. The molecule has 0 aliphatic carbocycles. The molecule has 4 rings (SSSR count). The molecule has 2 aliphatic rings. The van der Waals surface area contributed by atoms with Gasteiger partial charge < -0.3 is 14.4 Å². The van der Waals surface area contributed by atoms with Crippen molar-refractivity contribution in [1.82, 2.24) is 4.90 Å². The van der Waals surface area contributed by atoms with Gasteiger partial charge in [-0.1, -0.05) is 59.9 Å². The van der Waals surface area contributed by atoms with Gasteiger partial charge in [-0.05, 0) is 49.5 Å². The van der Waals surface area contributed by atoms with Crippen molar-refractivity contribution < 1.29 is 14.3 Å². The highest BCUT2D eigenvalue weighted by atomic mass is 35.6. The lowest BCUT2D eigenvalue weighted by Crippen LogP contribution is -2.35. The van der Waals surface area contributed by atoms with Gasteiger partial charge in [-0.25, -0.2) is 0 Å². The summed E-state index contributed by atoms with van der Waals surface area (Å²) in [5.41, 5.74) is 2.39. The van der Waals surface area contributed by atoms with Crippen molar-refractivity contribution in [1.29, 1.82) is 0 Å². The molecular formula is C24H27Cl3N2O3. The number of carbonyl (C=O) groups is 1. The third-order valence-electron chi connectivity index (χ3n) is 6.24. The van der Waals surface area contributed by atoms with E-state index in [4.69, 9.17) is 44.3 Å². The van der Waals surface area contributed by atoms with Crippen molar-refractivity contribution in [2.45, 2.75) is 30.1 Å². The summed E-state index contributed by atoms with van der Waals surface area (Å²) in [7, 11) is 1.61. The fourth-order valence-corrected chi connectivity index (χ4v) is 4.80. The zero-order valence-electron chi connectivity index (χ0n) is 18.2. The van der Waals surface area contributed by atoms with E-state index < -0.39 is 3.79 Å². The number of halogens is 3. The fourth-order valence-electron chi connectivity index (χ4n) is 4.32. The number of hydrogen-bond acceptors (Lipinski definition) is 4. The second kappa shape index (κ2) is 9.68. The van der Waals surface area contributed by atoms with Gasteiger partial charge in [-0.15, -0.1) is 0 Å². The second-order valence-corrected chi connectivity index (χ2v) is 10.7. The first-order valence-corrected chi connectivity index (χ1v) is 12.0. The molecule has 0 N–H and O–H groups in total. The first-order chi connectivity index (χ1) is 15.3. The maximum Gasteiger partial charge on any atom is 0.259 e. The lowest BCUT2D eigenvalue weighted by atomic mass is 9.99. The SMILES string of the molecule is COc1ccc(N2Cc3cccc(C(Cl)(Cl)Cl)c3C2=O)cc1OCCN1CCC(C)CC1. The van der Waals surface area contributed by atoms with E-state index in [-0.39, 0.29) is 5.91 Å². The summed E-state index contributed by atoms with van der Waals surface area (Å²) in [6.07, 6.45) is 2.46. The maximum atomic E-state index is 13.2. The van der Waals surface area contributed by atoms with Gasteiger partial charge in [0.05, 0.1) is 19.2 Å². The van der Waals surface area contributed by atoms with Gasteiger partial charge in [-0.2, -0.15) is 0 Å². The number of nitrogens with zero attached hydrogens (tertiary/aromatic N) is 2. The molecular weight excluding hydrogens is 471 g/mol. The number of likely N-dealkylation sites (tertiary alicyclic amines) is 1. The molecule has 0 aromatic heterocycles. The Morgan fingerprint density at radius 2 is 1.84 bits per heavy atom. The van der Waals surface area contributed by atoms with Gasteiger partial charge in [0.1, 0.15) is 6.61 Å². The Labute approximate surface area is 204 Å². The first-order valence-electron chi connectivity index (χ1n) is 10.8. The van der Waals surface area contributed by atoms with Crippen LogP contribution in [0.5, 0.6) is 11.5 Å². The number of ether oxygens (including phenoxy) is 2. The van der Waals surface area contributed by atoms with Crippen molar-refractivity contribution in [3.63, 3.8) is 0 Å². The summed E-state index contributed by atoms with van der Waals surface area (Å²) < 4.78 is 9.89. The molecule has 1 amide bonds. The highest BCUT2D eigenvalue weighted by molar-refractivity contribution is 6.67. The third kappa shape index (κ3) is 4.96. The predicted octanol–water partition coefficient (Wildman–Crippen LogP) is 5.79. The van der Waals surface area contributed by atoms with Gasteiger partial charge in [0.25, 0.3) is 5.91 Å². The van der Waals surface area contributed by atoms with E-state index in [9.17, 15) is 4.79 Å². The minimum atomic E-state index is -1.67. The Balaban J connectivity index is 1.50. The van der Waals surface area contributed by atoms with Crippen molar-refractivity contribution in [3.8, 4) is 11.5 Å². The van der Waals surface area contributed by atoms with Crippen molar-refractivity contribution in [3.05, 3.63) is 53.1 Å². The standard InChI is InChI=1S/C24H27Cl3N2O3/c1-16-8-10-28(11-9-16)12-13-32-21-14-18(6-7-20(21)31-2)29-15-17-4-3-5-19(24(25,26)27)22(17)23(29)30/h3-7,14,16H,8-13,15H2,1-2H3. The smallest absolute Gasteiger partial charge is 0.259 e. The molecule has 0 spiro atoms. The van der Waals surface area contributed by atoms with Crippen molar-refractivity contribution in [2.24, 2.45) is 5.92 Å². The van der Waals surface area contributed by atoms with Crippen LogP contribution in [0.2, 0.25) is 0 Å². The minimum Gasteiger partial charge on any atom is -0.493 e. The number of benzene rings is 2. The van der Waals surface area contributed by atoms with E-state index in [1.54, 1.807) is 24.1 Å². The minimum absolute atomic E-state index is 0.194. The summed E-state index contributed by atoms with van der Waals surface area (Å²) >= 11 is 18.3. The molecule has 2 aromatic rings. The molecule has 2 aliphatic heterocycles. The van der Waals surface area contributed by atoms with Crippen LogP contribution in [0.4, 0.5) is 5.69 Å². The number of rotatable bonds is 6. The monoisotopic (exact) mass is 496 g/mol. The number of fused-ring (bicyclic) bond motifs is 1. The zero-order chi connectivity index (χ0) is 22.9. The molecule has 2 heterocycles. The van der Waals surface area contributed by atoms with Crippen LogP contribution in [-0.4, -0.2) is 44.2 Å². The molecule has 0 saturated carbocycles. The number of piperidine rings is 1. The van der Waals surface area contributed by atoms with E-state index in [0.717, 1.165) is 31.1 Å². The van der Waals surface area contributed by atoms with Crippen LogP contribution < -0.4 is 14.4 Å². The topological polar surface area (TPSA) is 42.0 Å². The molecule has 172 valence electrons. The number of carbonyl (C=O) groups excluding carboxylic acids is 1. The van der Waals surface area contributed by atoms with Crippen LogP contribution in [0.25, 0.3) is 0 Å². The number of anilines is 1. The van der Waals surface area contributed by atoms with Crippen LogP contribution in [0.15, 0.2) is 36.4 Å². The largest absolute Gasteiger partial charge is 0.493 e. The highest BCUT2D eigenvalue weighted by Gasteiger charge is 2.37. The van der Waals surface area contributed by atoms with Crippen LogP contribution in [0.1, 0.15) is 41.3 Å². The average Bonchev–Trinajstić information content (AvgIpc) is 3.11. The number of methoxy groups -OCH3 is 1. The van der Waals surface area contributed by atoms with Crippen LogP contribution >= 0.6 is 34.8 Å². The summed E-state index contributed by atoms with van der Waals surface area (Å²) in [6, 6.07) is 10.9. The summed E-state index contributed by atoms with van der Waals surface area (Å²) in [5.74, 6) is 1.85. The molecule has 32 heavy (non-hydrogen) atoms. The fraction of sp³-hybridized carbons (Fsp3) is 0.458. The number of alkyl halides is 3. The molecule has 2 aromatic carbocycles. The van der Waals surface area contributed by atoms with E-state index in [1.165, 1.54) is 12.8 Å². The molecule has 1 fully saturated rings. The molecule has 0 atom stereocenters. The van der Waals surface area contributed by atoms with Crippen LogP contribution in [-0.2, 0) is 10.3 Å². The van der Waals surface area contributed by atoms with E-state index in [2.05, 4.69) is 11.8 Å². The molecule has 0 unspecified atom stereocenters. The Hall–Kier alpha value is -1.66. The highest BCUT2D eigenvalue weighted by Crippen LogP contribution is 2.44. The Bertz CT molecular complexity index is 985. The average molecular weight is 498 g/mol. The van der Waals surface area contributed by atoms with E-state index in [1.807, 2.05) is 24.3 Å². The maximum absolute atomic E-state index is 13.2. The molecule has 0 radical (unpaired) electrons. The summed E-state index contributed by atoms with van der Waals surface area (Å²) in [4.78, 5) is 17.3. The summed E-state index contributed by atoms with van der Waals surface area (Å²) in [5, 5.41) is 0. The van der Waals surface area contributed by atoms with Crippen LogP contribution in [0.3, 0.4) is 0 Å².